The number of hydrogen-bond donors (Lipinski definition) is 0. The summed E-state index contributed by atoms with van der Waals surface area (Å²) in [5.74, 6) is 0. The maximum atomic E-state index is 2.50. The van der Waals surface area contributed by atoms with Gasteiger partial charge in [-0.05, 0) is 243 Å². The minimum atomic E-state index is 1.09. The Balaban J connectivity index is 0.857. The monoisotopic (exact) mass is 1180 g/mol. The summed E-state index contributed by atoms with van der Waals surface area (Å²) in [5, 5.41) is 14.9. The lowest BCUT2D eigenvalue weighted by Gasteiger charge is -2.14. The van der Waals surface area contributed by atoms with Gasteiger partial charge in [0.25, 0.3) is 0 Å². The molecule has 0 N–H and O–H groups in total. The van der Waals surface area contributed by atoms with Crippen molar-refractivity contribution in [1.82, 2.24) is 27.4 Å². The van der Waals surface area contributed by atoms with Crippen molar-refractivity contribution < 1.29 is 0 Å². The average Bonchev–Trinajstić information content (AvgIpc) is 1.58. The van der Waals surface area contributed by atoms with Gasteiger partial charge in [0, 0.05) is 98.8 Å². The van der Waals surface area contributed by atoms with Gasteiger partial charge < -0.3 is 27.4 Å². The number of benzene rings is 13. The third-order valence-electron chi connectivity index (χ3n) is 20.1. The number of nitrogens with zero attached hydrogens (tertiary/aromatic N) is 6. The standard InChI is InChI=1S/C86H64N6/c1-49-12-24-75-63(36-49)64-37-50(2)13-25-76(64)89(75)59-20-32-83-71(45-59)72-46-60(90-77-26-14-51(3)38-65(77)66-39-52(4)15-27-78(66)90)21-33-84(72)87(83)57-10-9-11-58(44-57)88-85-34-22-61(91-79-28-16-53(5)40-67(79)68-41-54(6)17-29-80(68)91)47-73(85)74-48-62(23-35-86(74)88)92-81-30-18-55(7)42-69(81)70-43-56(8)19-31-82(70)92/h9-48H,1-8H3. The molecule has 92 heavy (non-hydrogen) atoms. The minimum Gasteiger partial charge on any atom is -0.309 e. The van der Waals surface area contributed by atoms with E-state index in [9.17, 15) is 0 Å². The summed E-state index contributed by atoms with van der Waals surface area (Å²) in [6, 6.07) is 93.0. The van der Waals surface area contributed by atoms with Crippen LogP contribution in [-0.4, -0.2) is 27.4 Å². The zero-order valence-corrected chi connectivity index (χ0v) is 52.8. The second-order valence-corrected chi connectivity index (χ2v) is 26.5. The maximum Gasteiger partial charge on any atom is 0.0542 e. The highest BCUT2D eigenvalue weighted by Crippen LogP contribution is 2.44. The number of rotatable bonds is 6. The molecule has 438 valence electrons. The SMILES string of the molecule is Cc1ccc2c(c1)c1cc(C)ccc1n2-c1ccc2c(c1)c1cc(-n3c4ccc(C)cc4c4cc(C)ccc43)ccc1n2-c1cccc(-n2c3ccc(-n4c5ccc(C)cc5c5cc(C)ccc54)cc3c3cc(-n4c5ccc(C)cc5c5cc(C)ccc54)ccc32)c1. The van der Waals surface area contributed by atoms with Crippen LogP contribution in [0.2, 0.25) is 0 Å². The molecule has 0 unspecified atom stereocenters. The Morgan fingerprint density at radius 1 is 0.141 bits per heavy atom. The van der Waals surface area contributed by atoms with E-state index in [1.165, 1.54) is 153 Å². The van der Waals surface area contributed by atoms with Crippen molar-refractivity contribution in [1.29, 1.82) is 0 Å². The Kier molecular flexibility index (Phi) is 10.9. The first kappa shape index (κ1) is 52.6. The number of aromatic nitrogens is 6. The highest BCUT2D eigenvalue weighted by molar-refractivity contribution is 6.17. The molecule has 0 radical (unpaired) electrons. The summed E-state index contributed by atoms with van der Waals surface area (Å²) >= 11 is 0. The van der Waals surface area contributed by atoms with Crippen LogP contribution in [-0.2, 0) is 0 Å². The van der Waals surface area contributed by atoms with Crippen molar-refractivity contribution in [2.45, 2.75) is 55.4 Å². The third kappa shape index (κ3) is 7.55. The molecular formula is C86H64N6. The molecule has 6 heterocycles. The lowest BCUT2D eigenvalue weighted by molar-refractivity contribution is 1.13. The Hall–Kier alpha value is -11.3. The summed E-state index contributed by atoms with van der Waals surface area (Å²) in [6.45, 7) is 17.6. The fourth-order valence-corrected chi connectivity index (χ4v) is 16.0. The van der Waals surface area contributed by atoms with E-state index < -0.39 is 0 Å². The molecule has 0 fully saturated rings. The molecule has 0 atom stereocenters. The number of fused-ring (bicyclic) bond motifs is 18. The summed E-state index contributed by atoms with van der Waals surface area (Å²) in [5.41, 5.74) is 30.9. The van der Waals surface area contributed by atoms with Crippen molar-refractivity contribution in [2.75, 3.05) is 0 Å². The molecule has 6 heteroatoms. The topological polar surface area (TPSA) is 29.6 Å². The Morgan fingerprint density at radius 2 is 0.283 bits per heavy atom. The van der Waals surface area contributed by atoms with Gasteiger partial charge >= 0.3 is 0 Å². The van der Waals surface area contributed by atoms with E-state index in [1.54, 1.807) is 0 Å². The fourth-order valence-electron chi connectivity index (χ4n) is 16.0. The van der Waals surface area contributed by atoms with E-state index in [0.29, 0.717) is 0 Å². The maximum absolute atomic E-state index is 2.50. The van der Waals surface area contributed by atoms with E-state index in [-0.39, 0.29) is 0 Å². The highest BCUT2D eigenvalue weighted by atomic mass is 15.0. The van der Waals surface area contributed by atoms with Crippen LogP contribution in [0.15, 0.2) is 243 Å². The number of hydrogen-bond acceptors (Lipinski definition) is 0. The molecule has 19 aromatic rings. The molecule has 0 amide bonds. The van der Waals surface area contributed by atoms with E-state index in [1.807, 2.05) is 0 Å². The molecule has 0 saturated heterocycles. The van der Waals surface area contributed by atoms with Crippen molar-refractivity contribution >= 4 is 131 Å². The first-order chi connectivity index (χ1) is 44.8. The van der Waals surface area contributed by atoms with Gasteiger partial charge in [-0.25, -0.2) is 0 Å². The molecule has 0 aliphatic heterocycles. The average molecular weight is 1180 g/mol. The molecule has 0 spiro atoms. The van der Waals surface area contributed by atoms with E-state index in [4.69, 9.17) is 0 Å². The van der Waals surface area contributed by atoms with E-state index in [2.05, 4.69) is 325 Å². The van der Waals surface area contributed by atoms with Crippen LogP contribution in [0.1, 0.15) is 44.5 Å². The van der Waals surface area contributed by atoms with E-state index in [0.717, 1.165) is 56.2 Å². The molecule has 13 aromatic carbocycles. The first-order valence-electron chi connectivity index (χ1n) is 32.2. The molecule has 6 nitrogen and oxygen atoms in total. The minimum absolute atomic E-state index is 1.09. The van der Waals surface area contributed by atoms with Gasteiger partial charge in [0.05, 0.1) is 66.2 Å². The predicted molar refractivity (Wildman–Crippen MR) is 390 cm³/mol. The van der Waals surface area contributed by atoms with Crippen LogP contribution in [0.5, 0.6) is 0 Å². The molecule has 0 saturated carbocycles. The van der Waals surface area contributed by atoms with Gasteiger partial charge in [-0.2, -0.15) is 0 Å². The second kappa shape index (κ2) is 19.1. The number of aryl methyl sites for hydroxylation is 8. The quantitative estimate of drug-likeness (QED) is 0.159. The third-order valence-corrected chi connectivity index (χ3v) is 20.1. The second-order valence-electron chi connectivity index (χ2n) is 26.5. The highest BCUT2D eigenvalue weighted by Gasteiger charge is 2.24. The lowest BCUT2D eigenvalue weighted by Crippen LogP contribution is -2.00. The van der Waals surface area contributed by atoms with Crippen LogP contribution in [0.3, 0.4) is 0 Å². The zero-order chi connectivity index (χ0) is 61.7. The summed E-state index contributed by atoms with van der Waals surface area (Å²) in [6.07, 6.45) is 0. The normalized spacial score (nSPS) is 12.3. The molecule has 0 aliphatic rings. The van der Waals surface area contributed by atoms with Gasteiger partial charge in [-0.1, -0.05) is 99.1 Å². The van der Waals surface area contributed by atoms with Crippen molar-refractivity contribution in [3.05, 3.63) is 287 Å². The van der Waals surface area contributed by atoms with Crippen LogP contribution in [0.25, 0.3) is 165 Å². The zero-order valence-electron chi connectivity index (χ0n) is 52.8. The van der Waals surface area contributed by atoms with Gasteiger partial charge in [0.15, 0.2) is 0 Å². The Morgan fingerprint density at radius 3 is 0.457 bits per heavy atom. The molecule has 19 rings (SSSR count). The Bertz CT molecular complexity index is 5480. The van der Waals surface area contributed by atoms with Gasteiger partial charge in [-0.3, -0.25) is 0 Å². The summed E-state index contributed by atoms with van der Waals surface area (Å²) in [7, 11) is 0. The molecule has 0 bridgehead atoms. The van der Waals surface area contributed by atoms with Gasteiger partial charge in [-0.15, -0.1) is 0 Å². The smallest absolute Gasteiger partial charge is 0.0542 e. The molecular weight excluding hydrogens is 1120 g/mol. The van der Waals surface area contributed by atoms with Crippen molar-refractivity contribution in [2.24, 2.45) is 0 Å². The molecule has 6 aromatic heterocycles. The largest absolute Gasteiger partial charge is 0.309 e. The van der Waals surface area contributed by atoms with Crippen LogP contribution < -0.4 is 0 Å². The summed E-state index contributed by atoms with van der Waals surface area (Å²) in [4.78, 5) is 0. The first-order valence-corrected chi connectivity index (χ1v) is 32.2. The fraction of sp³-hybridized carbons (Fsp3) is 0.0930. The van der Waals surface area contributed by atoms with Crippen LogP contribution in [0, 0.1) is 55.4 Å². The lowest BCUT2D eigenvalue weighted by atomic mass is 10.1. The Labute approximate surface area is 531 Å². The molecule has 0 aliphatic carbocycles. The summed E-state index contributed by atoms with van der Waals surface area (Å²) < 4.78 is 14.9. The van der Waals surface area contributed by atoms with Gasteiger partial charge in [0.1, 0.15) is 0 Å². The van der Waals surface area contributed by atoms with Gasteiger partial charge in [0.2, 0.25) is 0 Å². The van der Waals surface area contributed by atoms with Crippen molar-refractivity contribution in [3.63, 3.8) is 0 Å². The van der Waals surface area contributed by atoms with E-state index >= 15 is 0 Å². The predicted octanol–water partition coefficient (Wildman–Crippen LogP) is 22.7. The van der Waals surface area contributed by atoms with Crippen LogP contribution >= 0.6 is 0 Å². The van der Waals surface area contributed by atoms with Crippen molar-refractivity contribution in [3.8, 4) is 34.1 Å². The van der Waals surface area contributed by atoms with Crippen LogP contribution in [0.4, 0.5) is 0 Å².